The zero-order chi connectivity index (χ0) is 18.0. The highest BCUT2D eigenvalue weighted by molar-refractivity contribution is 5.89. The molecule has 2 heterocycles. The second-order valence-electron chi connectivity index (χ2n) is 5.91. The van der Waals surface area contributed by atoms with E-state index < -0.39 is 0 Å². The van der Waals surface area contributed by atoms with Gasteiger partial charge in [0.1, 0.15) is 0 Å². The van der Waals surface area contributed by atoms with Crippen molar-refractivity contribution in [1.29, 1.82) is 0 Å². The van der Waals surface area contributed by atoms with Crippen LogP contribution in [0.25, 0.3) is 5.69 Å². The maximum Gasteiger partial charge on any atom is 0.319 e. The number of rotatable bonds is 4. The van der Waals surface area contributed by atoms with Crippen LogP contribution in [0.15, 0.2) is 30.6 Å². The molecule has 9 heteroatoms. The molecule has 0 spiro atoms. The predicted molar refractivity (Wildman–Crippen MR) is 92.4 cm³/mol. The first-order valence-electron chi connectivity index (χ1n) is 7.86. The number of carbonyl (C=O) groups excluding carboxylic acids is 1. The van der Waals surface area contributed by atoms with Gasteiger partial charge in [0.05, 0.1) is 17.9 Å². The first-order chi connectivity index (χ1) is 11.9. The third-order valence-electron chi connectivity index (χ3n) is 3.89. The Labute approximate surface area is 145 Å². The number of aryl methyl sites for hydroxylation is 3. The highest BCUT2D eigenvalue weighted by Gasteiger charge is 2.13. The van der Waals surface area contributed by atoms with Crippen LogP contribution in [0.1, 0.15) is 29.9 Å². The number of anilines is 1. The fourth-order valence-corrected chi connectivity index (χ4v) is 2.48. The smallest absolute Gasteiger partial charge is 0.319 e. The Hall–Kier alpha value is -3.23. The lowest BCUT2D eigenvalue weighted by Gasteiger charge is -2.14. The van der Waals surface area contributed by atoms with Crippen LogP contribution in [-0.2, 0) is 7.05 Å². The van der Waals surface area contributed by atoms with Gasteiger partial charge in [-0.25, -0.2) is 4.79 Å². The van der Waals surface area contributed by atoms with Crippen molar-refractivity contribution in [1.82, 2.24) is 35.3 Å². The number of tetrazole rings is 1. The normalized spacial score (nSPS) is 12.0. The lowest BCUT2D eigenvalue weighted by molar-refractivity contribution is 0.249. The fraction of sp³-hybridized carbons (Fsp3) is 0.312. The van der Waals surface area contributed by atoms with Gasteiger partial charge in [0.2, 0.25) is 0 Å². The largest absolute Gasteiger partial charge is 0.331 e. The van der Waals surface area contributed by atoms with E-state index in [2.05, 4.69) is 31.3 Å². The molecule has 0 fully saturated rings. The highest BCUT2D eigenvalue weighted by atomic mass is 16.2. The van der Waals surface area contributed by atoms with Crippen LogP contribution in [0, 0.1) is 13.8 Å². The molecule has 0 aliphatic carbocycles. The zero-order valence-electron chi connectivity index (χ0n) is 14.6. The van der Waals surface area contributed by atoms with Gasteiger partial charge in [0.15, 0.2) is 5.82 Å². The predicted octanol–water partition coefficient (Wildman–Crippen LogP) is 1.90. The summed E-state index contributed by atoms with van der Waals surface area (Å²) < 4.78 is 3.34. The van der Waals surface area contributed by atoms with Gasteiger partial charge >= 0.3 is 6.03 Å². The van der Waals surface area contributed by atoms with Crippen molar-refractivity contribution in [2.24, 2.45) is 7.05 Å². The molecule has 0 aliphatic rings. The van der Waals surface area contributed by atoms with Crippen LogP contribution in [0.3, 0.4) is 0 Å². The average molecular weight is 340 g/mol. The van der Waals surface area contributed by atoms with Crippen LogP contribution in [-0.4, -0.2) is 36.0 Å². The molecule has 25 heavy (non-hydrogen) atoms. The van der Waals surface area contributed by atoms with E-state index in [1.165, 1.54) is 0 Å². The second-order valence-corrected chi connectivity index (χ2v) is 5.91. The van der Waals surface area contributed by atoms with Crippen LogP contribution < -0.4 is 10.6 Å². The maximum absolute atomic E-state index is 12.3. The van der Waals surface area contributed by atoms with Crippen molar-refractivity contribution in [3.8, 4) is 5.69 Å². The minimum atomic E-state index is -0.292. The Morgan fingerprint density at radius 3 is 2.72 bits per heavy atom. The first kappa shape index (κ1) is 16.6. The van der Waals surface area contributed by atoms with Crippen molar-refractivity contribution in [3.63, 3.8) is 0 Å². The number of carbonyl (C=O) groups is 1. The molecule has 0 bridgehead atoms. The van der Waals surface area contributed by atoms with E-state index in [9.17, 15) is 4.79 Å². The lowest BCUT2D eigenvalue weighted by Crippen LogP contribution is -2.31. The van der Waals surface area contributed by atoms with E-state index in [0.717, 1.165) is 16.8 Å². The summed E-state index contributed by atoms with van der Waals surface area (Å²) in [5.74, 6) is 0.676. The topological polar surface area (TPSA) is 103 Å². The van der Waals surface area contributed by atoms with E-state index in [4.69, 9.17) is 0 Å². The minimum absolute atomic E-state index is 0.152. The molecule has 3 rings (SSSR count). The Kier molecular flexibility index (Phi) is 4.46. The van der Waals surface area contributed by atoms with Crippen molar-refractivity contribution in [2.75, 3.05) is 5.32 Å². The molecule has 1 unspecified atom stereocenters. The molecule has 0 saturated carbocycles. The molecular formula is C16H20N8O. The Morgan fingerprint density at radius 1 is 1.28 bits per heavy atom. The van der Waals surface area contributed by atoms with Crippen molar-refractivity contribution in [2.45, 2.75) is 26.8 Å². The van der Waals surface area contributed by atoms with Crippen molar-refractivity contribution in [3.05, 3.63) is 47.5 Å². The van der Waals surface area contributed by atoms with Crippen LogP contribution in [0.5, 0.6) is 0 Å². The summed E-state index contributed by atoms with van der Waals surface area (Å²) >= 11 is 0. The SMILES string of the molecule is Cc1ccc(NC(=O)NC(C)c2cnn(C)c2)cc1-n1nnnc1C. The molecule has 130 valence electrons. The summed E-state index contributed by atoms with van der Waals surface area (Å²) in [6.45, 7) is 5.69. The minimum Gasteiger partial charge on any atom is -0.331 e. The monoisotopic (exact) mass is 340 g/mol. The first-order valence-corrected chi connectivity index (χ1v) is 7.86. The van der Waals surface area contributed by atoms with Gasteiger partial charge < -0.3 is 10.6 Å². The molecule has 2 aromatic heterocycles. The number of hydrogen-bond acceptors (Lipinski definition) is 5. The van der Waals surface area contributed by atoms with E-state index in [0.29, 0.717) is 11.5 Å². The molecule has 9 nitrogen and oxygen atoms in total. The molecule has 0 saturated heterocycles. The lowest BCUT2D eigenvalue weighted by atomic mass is 10.1. The maximum atomic E-state index is 12.3. The van der Waals surface area contributed by atoms with Crippen LogP contribution in [0.2, 0.25) is 0 Å². The van der Waals surface area contributed by atoms with Crippen LogP contribution >= 0.6 is 0 Å². The summed E-state index contributed by atoms with van der Waals surface area (Å²) in [4.78, 5) is 12.3. The van der Waals surface area contributed by atoms with E-state index >= 15 is 0 Å². The third-order valence-corrected chi connectivity index (χ3v) is 3.89. The molecule has 1 aromatic carbocycles. The number of amides is 2. The second kappa shape index (κ2) is 6.71. The number of benzene rings is 1. The molecule has 0 radical (unpaired) electrons. The van der Waals surface area contributed by atoms with E-state index in [1.54, 1.807) is 15.6 Å². The van der Waals surface area contributed by atoms with Gasteiger partial charge in [-0.1, -0.05) is 6.07 Å². The molecule has 2 N–H and O–H groups in total. The van der Waals surface area contributed by atoms with Crippen molar-refractivity contribution < 1.29 is 4.79 Å². The zero-order valence-corrected chi connectivity index (χ0v) is 14.6. The van der Waals surface area contributed by atoms with Crippen molar-refractivity contribution >= 4 is 11.7 Å². The van der Waals surface area contributed by atoms with Gasteiger partial charge in [-0.3, -0.25) is 4.68 Å². The van der Waals surface area contributed by atoms with Crippen LogP contribution in [0.4, 0.5) is 10.5 Å². The summed E-state index contributed by atoms with van der Waals surface area (Å²) in [6, 6.07) is 5.15. The Balaban J connectivity index is 1.72. The summed E-state index contributed by atoms with van der Waals surface area (Å²) in [5.41, 5.74) is 3.42. The molecular weight excluding hydrogens is 320 g/mol. The van der Waals surface area contributed by atoms with E-state index in [-0.39, 0.29) is 12.1 Å². The van der Waals surface area contributed by atoms with E-state index in [1.807, 2.05) is 52.2 Å². The Morgan fingerprint density at radius 2 is 2.08 bits per heavy atom. The molecule has 1 atom stereocenters. The van der Waals surface area contributed by atoms with Gasteiger partial charge in [-0.05, 0) is 48.9 Å². The van der Waals surface area contributed by atoms with Gasteiger partial charge in [0.25, 0.3) is 0 Å². The number of nitrogens with zero attached hydrogens (tertiary/aromatic N) is 6. The highest BCUT2D eigenvalue weighted by Crippen LogP contribution is 2.19. The quantitative estimate of drug-likeness (QED) is 0.755. The summed E-state index contributed by atoms with van der Waals surface area (Å²) in [7, 11) is 1.84. The third kappa shape index (κ3) is 3.65. The molecule has 0 aliphatic heterocycles. The Bertz CT molecular complexity index is 897. The number of aromatic nitrogens is 6. The number of urea groups is 1. The molecule has 2 amide bonds. The van der Waals surface area contributed by atoms with Gasteiger partial charge in [-0.2, -0.15) is 9.78 Å². The summed E-state index contributed by atoms with van der Waals surface area (Å²) in [6.07, 6.45) is 3.60. The number of hydrogen-bond donors (Lipinski definition) is 2. The van der Waals surface area contributed by atoms with Gasteiger partial charge in [-0.15, -0.1) is 5.10 Å². The standard InChI is InChI=1S/C16H20N8O/c1-10-5-6-14(7-15(10)24-12(3)20-21-22-24)19-16(25)18-11(2)13-8-17-23(4)9-13/h5-9,11H,1-4H3,(H2,18,19,25). The average Bonchev–Trinajstić information content (AvgIpc) is 3.17. The summed E-state index contributed by atoms with van der Waals surface area (Å²) in [5, 5.41) is 21.4. The van der Waals surface area contributed by atoms with Gasteiger partial charge in [0, 0.05) is 24.5 Å². The number of nitrogens with one attached hydrogen (secondary N) is 2. The fourth-order valence-electron chi connectivity index (χ4n) is 2.48. The molecule has 3 aromatic rings.